The average Bonchev–Trinajstić information content (AvgIpc) is 2.30. The van der Waals surface area contributed by atoms with Gasteiger partial charge in [-0.1, -0.05) is 0 Å². The van der Waals surface area contributed by atoms with Gasteiger partial charge < -0.3 is 4.74 Å². The second kappa shape index (κ2) is 3.95. The Morgan fingerprint density at radius 2 is 1.80 bits per heavy atom. The number of rotatable bonds is 2. The van der Waals surface area contributed by atoms with Gasteiger partial charge in [-0.15, -0.1) is 20.4 Å². The molecule has 76 valence electrons. The van der Waals surface area contributed by atoms with Crippen LogP contribution in [0.25, 0.3) is 11.5 Å². The Kier molecular flexibility index (Phi) is 2.49. The number of aryl methyl sites for hydroxylation is 1. The molecule has 2 heterocycles. The van der Waals surface area contributed by atoms with Crippen molar-refractivity contribution >= 4 is 0 Å². The summed E-state index contributed by atoms with van der Waals surface area (Å²) in [7, 11) is 1.59. The van der Waals surface area contributed by atoms with Crippen LogP contribution in [0.4, 0.5) is 0 Å². The van der Waals surface area contributed by atoms with Crippen molar-refractivity contribution in [3.8, 4) is 17.3 Å². The molecule has 0 saturated heterocycles. The molecule has 0 atom stereocenters. The first kappa shape index (κ1) is 9.45. The van der Waals surface area contributed by atoms with Gasteiger partial charge in [-0.3, -0.25) is 0 Å². The van der Waals surface area contributed by atoms with E-state index in [-0.39, 0.29) is 0 Å². The summed E-state index contributed by atoms with van der Waals surface area (Å²) in [6.45, 7) is 1.73. The summed E-state index contributed by atoms with van der Waals surface area (Å²) >= 11 is 0. The summed E-state index contributed by atoms with van der Waals surface area (Å²) < 4.78 is 4.99. The van der Waals surface area contributed by atoms with Crippen LogP contribution >= 0.6 is 0 Å². The minimum atomic E-state index is 0.406. The zero-order valence-electron chi connectivity index (χ0n) is 8.38. The van der Waals surface area contributed by atoms with Crippen LogP contribution in [-0.2, 0) is 0 Å². The van der Waals surface area contributed by atoms with E-state index in [4.69, 9.17) is 4.74 Å². The van der Waals surface area contributed by atoms with Crippen molar-refractivity contribution in [1.82, 2.24) is 25.4 Å². The normalized spacial score (nSPS) is 10.0. The number of nitrogens with zero attached hydrogens (tertiary/aromatic N) is 5. The van der Waals surface area contributed by atoms with E-state index in [2.05, 4.69) is 25.4 Å². The standard InChI is InChI=1S/C9H9N5O/c1-6-11-13-9(14-12-6)8-4-3-7(15-2)5-10-8/h3-5H,1-2H3. The molecule has 0 saturated carbocycles. The van der Waals surface area contributed by atoms with Crippen LogP contribution < -0.4 is 4.74 Å². The summed E-state index contributed by atoms with van der Waals surface area (Å²) in [5, 5.41) is 15.4. The van der Waals surface area contributed by atoms with Gasteiger partial charge in [0, 0.05) is 0 Å². The third-order valence-electron chi connectivity index (χ3n) is 1.78. The number of hydrogen-bond donors (Lipinski definition) is 0. The number of ether oxygens (including phenoxy) is 1. The van der Waals surface area contributed by atoms with E-state index in [1.165, 1.54) is 0 Å². The largest absolute Gasteiger partial charge is 0.495 e. The summed E-state index contributed by atoms with van der Waals surface area (Å²) in [4.78, 5) is 4.12. The third kappa shape index (κ3) is 2.04. The molecule has 0 fully saturated rings. The third-order valence-corrected chi connectivity index (χ3v) is 1.78. The van der Waals surface area contributed by atoms with E-state index < -0.39 is 0 Å². The fourth-order valence-electron chi connectivity index (χ4n) is 1.02. The molecule has 6 nitrogen and oxygen atoms in total. The summed E-state index contributed by atoms with van der Waals surface area (Å²) in [6, 6.07) is 3.54. The van der Waals surface area contributed by atoms with Gasteiger partial charge in [0.1, 0.15) is 11.4 Å². The highest BCUT2D eigenvalue weighted by molar-refractivity contribution is 5.48. The molecular weight excluding hydrogens is 194 g/mol. The van der Waals surface area contributed by atoms with Gasteiger partial charge in [0.15, 0.2) is 5.82 Å². The Morgan fingerprint density at radius 1 is 1.07 bits per heavy atom. The topological polar surface area (TPSA) is 73.7 Å². The van der Waals surface area contributed by atoms with E-state index in [0.717, 1.165) is 0 Å². The maximum absolute atomic E-state index is 4.99. The number of methoxy groups -OCH3 is 1. The molecule has 0 aliphatic rings. The van der Waals surface area contributed by atoms with Crippen molar-refractivity contribution in [3.63, 3.8) is 0 Å². The summed E-state index contributed by atoms with van der Waals surface area (Å²) in [5.74, 6) is 1.63. The van der Waals surface area contributed by atoms with E-state index in [0.29, 0.717) is 23.1 Å². The SMILES string of the molecule is COc1ccc(-c2nnc(C)nn2)nc1. The van der Waals surface area contributed by atoms with Gasteiger partial charge in [0.2, 0.25) is 5.82 Å². The minimum absolute atomic E-state index is 0.406. The molecule has 6 heteroatoms. The van der Waals surface area contributed by atoms with E-state index in [9.17, 15) is 0 Å². The van der Waals surface area contributed by atoms with Crippen LogP contribution in [-0.4, -0.2) is 32.5 Å². The molecule has 0 radical (unpaired) electrons. The van der Waals surface area contributed by atoms with Gasteiger partial charge in [0.05, 0.1) is 13.3 Å². The Balaban J connectivity index is 2.33. The summed E-state index contributed by atoms with van der Waals surface area (Å²) in [5.41, 5.74) is 0.621. The van der Waals surface area contributed by atoms with Crippen molar-refractivity contribution in [3.05, 3.63) is 24.2 Å². The minimum Gasteiger partial charge on any atom is -0.495 e. The number of hydrogen-bond acceptors (Lipinski definition) is 6. The zero-order chi connectivity index (χ0) is 10.7. The molecule has 0 unspecified atom stereocenters. The molecule has 2 rings (SSSR count). The summed E-state index contributed by atoms with van der Waals surface area (Å²) in [6.07, 6.45) is 1.60. The van der Waals surface area contributed by atoms with Crippen LogP contribution in [0.3, 0.4) is 0 Å². The molecule has 0 aromatic carbocycles. The molecule has 0 amide bonds. The first-order chi connectivity index (χ1) is 7.29. The second-order valence-electron chi connectivity index (χ2n) is 2.85. The van der Waals surface area contributed by atoms with Gasteiger partial charge in [0.25, 0.3) is 0 Å². The number of aromatic nitrogens is 5. The highest BCUT2D eigenvalue weighted by Crippen LogP contribution is 2.13. The predicted octanol–water partition coefficient (Wildman–Crippen LogP) is 0.646. The maximum Gasteiger partial charge on any atom is 0.221 e. The van der Waals surface area contributed by atoms with Crippen molar-refractivity contribution in [2.45, 2.75) is 6.92 Å². The van der Waals surface area contributed by atoms with Crippen LogP contribution in [0.1, 0.15) is 5.82 Å². The monoisotopic (exact) mass is 203 g/mol. The van der Waals surface area contributed by atoms with E-state index in [1.807, 2.05) is 0 Å². The molecule has 0 N–H and O–H groups in total. The highest BCUT2D eigenvalue weighted by Gasteiger charge is 2.04. The Morgan fingerprint density at radius 3 is 2.33 bits per heavy atom. The molecule has 2 aromatic rings. The zero-order valence-corrected chi connectivity index (χ0v) is 8.38. The van der Waals surface area contributed by atoms with Crippen LogP contribution in [0.2, 0.25) is 0 Å². The molecule has 15 heavy (non-hydrogen) atoms. The maximum atomic E-state index is 4.99. The predicted molar refractivity (Wildman–Crippen MR) is 52.1 cm³/mol. The molecule has 0 bridgehead atoms. The molecular formula is C9H9N5O. The van der Waals surface area contributed by atoms with Crippen molar-refractivity contribution in [2.24, 2.45) is 0 Å². The van der Waals surface area contributed by atoms with Gasteiger partial charge in [-0.2, -0.15) is 0 Å². The van der Waals surface area contributed by atoms with E-state index in [1.54, 1.807) is 32.4 Å². The lowest BCUT2D eigenvalue weighted by Crippen LogP contribution is -1.99. The van der Waals surface area contributed by atoms with E-state index >= 15 is 0 Å². The fourth-order valence-corrected chi connectivity index (χ4v) is 1.02. The second-order valence-corrected chi connectivity index (χ2v) is 2.85. The van der Waals surface area contributed by atoms with Crippen molar-refractivity contribution in [2.75, 3.05) is 7.11 Å². The molecule has 0 aliphatic carbocycles. The quantitative estimate of drug-likeness (QED) is 0.713. The van der Waals surface area contributed by atoms with Gasteiger partial charge >= 0.3 is 0 Å². The van der Waals surface area contributed by atoms with Gasteiger partial charge in [-0.25, -0.2) is 4.98 Å². The Bertz CT molecular complexity index is 439. The lowest BCUT2D eigenvalue weighted by atomic mass is 10.3. The lowest BCUT2D eigenvalue weighted by Gasteiger charge is -1.99. The number of pyridine rings is 1. The molecule has 0 spiro atoms. The Labute approximate surface area is 86.4 Å². The fraction of sp³-hybridized carbons (Fsp3) is 0.222. The average molecular weight is 203 g/mol. The van der Waals surface area contributed by atoms with Crippen LogP contribution in [0.15, 0.2) is 18.3 Å². The highest BCUT2D eigenvalue weighted by atomic mass is 16.5. The Hall–Kier alpha value is -2.11. The molecule has 0 aliphatic heterocycles. The van der Waals surface area contributed by atoms with Crippen molar-refractivity contribution < 1.29 is 4.74 Å². The first-order valence-corrected chi connectivity index (χ1v) is 4.34. The molecule has 2 aromatic heterocycles. The lowest BCUT2D eigenvalue weighted by molar-refractivity contribution is 0.413. The smallest absolute Gasteiger partial charge is 0.221 e. The van der Waals surface area contributed by atoms with Crippen LogP contribution in [0, 0.1) is 6.92 Å². The van der Waals surface area contributed by atoms with Crippen molar-refractivity contribution in [1.29, 1.82) is 0 Å². The first-order valence-electron chi connectivity index (χ1n) is 4.34. The van der Waals surface area contributed by atoms with Gasteiger partial charge in [-0.05, 0) is 19.1 Å². The van der Waals surface area contributed by atoms with Crippen LogP contribution in [0.5, 0.6) is 5.75 Å².